The number of carbonyl (C=O) groups is 2. The van der Waals surface area contributed by atoms with E-state index in [-0.39, 0.29) is 35.7 Å². The van der Waals surface area contributed by atoms with Crippen molar-refractivity contribution in [3.8, 4) is 5.75 Å². The average molecular weight is 580 g/mol. The molecule has 2 N–H and O–H groups in total. The summed E-state index contributed by atoms with van der Waals surface area (Å²) < 4.78 is 38.1. The van der Waals surface area contributed by atoms with Gasteiger partial charge in [0, 0.05) is 32.7 Å². The fourth-order valence-corrected chi connectivity index (χ4v) is 5.76. The fourth-order valence-electron chi connectivity index (χ4n) is 4.45. The van der Waals surface area contributed by atoms with Crippen LogP contribution < -0.4 is 14.8 Å². The molecule has 3 aromatic rings. The fraction of sp³-hybridized carbons (Fsp3) is 0.355. The molecule has 1 aliphatic rings. The maximum Gasteiger partial charge on any atom is 0.247 e. The van der Waals surface area contributed by atoms with Crippen molar-refractivity contribution in [1.82, 2.24) is 14.9 Å². The molecule has 3 aromatic carbocycles. The van der Waals surface area contributed by atoms with Crippen LogP contribution in [0.25, 0.3) is 0 Å². The predicted octanol–water partition coefficient (Wildman–Crippen LogP) is 3.60. The zero-order valence-electron chi connectivity index (χ0n) is 23.4. The highest BCUT2D eigenvalue weighted by atomic mass is 32.2. The van der Waals surface area contributed by atoms with E-state index >= 15 is 0 Å². The zero-order valence-corrected chi connectivity index (χ0v) is 24.2. The first-order chi connectivity index (χ1) is 19.8. The molecule has 0 bridgehead atoms. The number of benzene rings is 3. The van der Waals surface area contributed by atoms with Crippen LogP contribution in [0.4, 0.5) is 0 Å². The van der Waals surface area contributed by atoms with E-state index in [0.29, 0.717) is 30.9 Å². The molecule has 9 nitrogen and oxygen atoms in total. The van der Waals surface area contributed by atoms with Crippen molar-refractivity contribution in [2.45, 2.75) is 49.2 Å². The second-order valence-corrected chi connectivity index (χ2v) is 11.7. The van der Waals surface area contributed by atoms with Gasteiger partial charge < -0.3 is 19.7 Å². The third-order valence-electron chi connectivity index (χ3n) is 6.87. The van der Waals surface area contributed by atoms with Gasteiger partial charge >= 0.3 is 0 Å². The molecule has 0 aliphatic heterocycles. The summed E-state index contributed by atoms with van der Waals surface area (Å²) in [5.41, 5.74) is 2.37. The minimum atomic E-state index is -3.55. The Hall–Kier alpha value is -3.73. The minimum Gasteiger partial charge on any atom is -0.497 e. The first-order valence-corrected chi connectivity index (χ1v) is 15.1. The molecule has 0 spiro atoms. The molecule has 1 atom stereocenters. The van der Waals surface area contributed by atoms with Gasteiger partial charge in [-0.05, 0) is 60.2 Å². The first kappa shape index (κ1) is 30.2. The Morgan fingerprint density at radius 2 is 1.59 bits per heavy atom. The normalized spacial score (nSPS) is 13.8. The summed E-state index contributed by atoms with van der Waals surface area (Å²) in [5.74, 6) is 0.192. The molecule has 0 unspecified atom stereocenters. The molecular weight excluding hydrogens is 542 g/mol. The lowest BCUT2D eigenvalue weighted by Gasteiger charge is -2.32. The smallest absolute Gasteiger partial charge is 0.247 e. The molecule has 1 fully saturated rings. The van der Waals surface area contributed by atoms with E-state index in [1.807, 2.05) is 54.6 Å². The number of nitrogens with one attached hydrogen (secondary N) is 2. The highest BCUT2D eigenvalue weighted by Gasteiger charge is 2.31. The van der Waals surface area contributed by atoms with Gasteiger partial charge in [-0.25, -0.2) is 13.1 Å². The average Bonchev–Trinajstić information content (AvgIpc) is 3.80. The van der Waals surface area contributed by atoms with Crippen LogP contribution in [0.2, 0.25) is 0 Å². The number of sulfonamides is 1. The van der Waals surface area contributed by atoms with Crippen molar-refractivity contribution in [2.24, 2.45) is 0 Å². The Balaban J connectivity index is 1.55. The Bertz CT molecular complexity index is 1390. The van der Waals surface area contributed by atoms with Gasteiger partial charge in [-0.15, -0.1) is 0 Å². The Morgan fingerprint density at radius 3 is 2.20 bits per heavy atom. The lowest BCUT2D eigenvalue weighted by molar-refractivity contribution is -0.141. The van der Waals surface area contributed by atoms with E-state index < -0.39 is 16.1 Å². The van der Waals surface area contributed by atoms with E-state index in [1.165, 1.54) is 0 Å². The Kier molecular flexibility index (Phi) is 10.5. The summed E-state index contributed by atoms with van der Waals surface area (Å²) in [6.07, 6.45) is 2.25. The quantitative estimate of drug-likeness (QED) is 0.266. The molecule has 218 valence electrons. The van der Waals surface area contributed by atoms with Crippen LogP contribution in [0.1, 0.15) is 42.0 Å². The molecular formula is C31H37N3O6S. The Morgan fingerprint density at radius 1 is 0.927 bits per heavy atom. The number of amides is 2. The van der Waals surface area contributed by atoms with Gasteiger partial charge in [-0.1, -0.05) is 54.6 Å². The summed E-state index contributed by atoms with van der Waals surface area (Å²) in [7, 11) is -0.396. The number of nitrogens with zero attached hydrogens (tertiary/aromatic N) is 1. The summed E-state index contributed by atoms with van der Waals surface area (Å²) in [6.45, 7) is 0.875. The van der Waals surface area contributed by atoms with Crippen LogP contribution in [0.3, 0.4) is 0 Å². The number of hydrogen-bond donors (Lipinski definition) is 2. The maximum absolute atomic E-state index is 13.8. The number of hydrogen-bond acceptors (Lipinski definition) is 6. The minimum absolute atomic E-state index is 0.0261. The van der Waals surface area contributed by atoms with E-state index in [2.05, 4.69) is 10.0 Å². The van der Waals surface area contributed by atoms with Crippen LogP contribution in [-0.2, 0) is 37.3 Å². The zero-order chi connectivity index (χ0) is 29.2. The largest absolute Gasteiger partial charge is 0.497 e. The van der Waals surface area contributed by atoms with Gasteiger partial charge in [-0.3, -0.25) is 9.59 Å². The number of methoxy groups -OCH3 is 2. The molecule has 0 aromatic heterocycles. The van der Waals surface area contributed by atoms with Crippen molar-refractivity contribution in [3.05, 3.63) is 95.6 Å². The topological polar surface area (TPSA) is 114 Å². The van der Waals surface area contributed by atoms with Gasteiger partial charge in [0.25, 0.3) is 0 Å². The van der Waals surface area contributed by atoms with E-state index in [0.717, 1.165) is 24.0 Å². The van der Waals surface area contributed by atoms with Gasteiger partial charge in [0.1, 0.15) is 11.8 Å². The molecule has 4 rings (SSSR count). The van der Waals surface area contributed by atoms with E-state index in [4.69, 9.17) is 9.47 Å². The first-order valence-electron chi connectivity index (χ1n) is 13.7. The van der Waals surface area contributed by atoms with Crippen LogP contribution in [0, 0.1) is 0 Å². The van der Waals surface area contributed by atoms with Crippen LogP contribution in [0.5, 0.6) is 5.75 Å². The van der Waals surface area contributed by atoms with Gasteiger partial charge in [0.2, 0.25) is 21.8 Å². The maximum atomic E-state index is 13.8. The van der Waals surface area contributed by atoms with Crippen molar-refractivity contribution < 1.29 is 27.5 Å². The number of carbonyl (C=O) groups excluding carboxylic acids is 2. The number of ether oxygens (including phenoxy) is 2. The number of rotatable bonds is 15. The van der Waals surface area contributed by atoms with Crippen molar-refractivity contribution in [3.63, 3.8) is 0 Å². The third kappa shape index (κ3) is 8.63. The monoisotopic (exact) mass is 579 g/mol. The summed E-state index contributed by atoms with van der Waals surface area (Å²) >= 11 is 0. The highest BCUT2D eigenvalue weighted by molar-refractivity contribution is 7.89. The second kappa shape index (κ2) is 14.2. The molecule has 0 heterocycles. The number of aryl methyl sites for hydroxylation is 1. The van der Waals surface area contributed by atoms with Crippen molar-refractivity contribution in [1.29, 1.82) is 0 Å². The third-order valence-corrected chi connectivity index (χ3v) is 8.41. The van der Waals surface area contributed by atoms with Crippen molar-refractivity contribution >= 4 is 21.8 Å². The van der Waals surface area contributed by atoms with E-state index in [1.54, 1.807) is 43.4 Å². The second-order valence-electron chi connectivity index (χ2n) is 10.0. The molecule has 1 saturated carbocycles. The lowest BCUT2D eigenvalue weighted by atomic mass is 10.0. The highest BCUT2D eigenvalue weighted by Crippen LogP contribution is 2.26. The molecule has 1 aliphatic carbocycles. The summed E-state index contributed by atoms with van der Waals surface area (Å²) in [4.78, 5) is 29.1. The molecule has 0 saturated heterocycles. The standard InChI is InChI=1S/C31H37N3O6S/c1-39-21-20-32-31(36)30(25-6-4-3-5-7-25)34(22-24-8-15-27(40-2)16-9-24)29(35)19-12-23-10-17-28(18-11-23)41(37,38)33-26-13-14-26/h3-11,15-18,26,30,33H,12-14,19-22H2,1-2H3,(H,32,36)/t30-/m0/s1. The van der Waals surface area contributed by atoms with Gasteiger partial charge in [0.15, 0.2) is 0 Å². The molecule has 41 heavy (non-hydrogen) atoms. The Labute approximate surface area is 241 Å². The SMILES string of the molecule is COCCNC(=O)[C@H](c1ccccc1)N(Cc1ccc(OC)cc1)C(=O)CCc1ccc(S(=O)(=O)NC2CC2)cc1. The molecule has 0 radical (unpaired) electrons. The van der Waals surface area contributed by atoms with Gasteiger partial charge in [0.05, 0.1) is 18.6 Å². The van der Waals surface area contributed by atoms with Crippen molar-refractivity contribution in [2.75, 3.05) is 27.4 Å². The molecule has 2 amide bonds. The van der Waals surface area contributed by atoms with Gasteiger partial charge in [-0.2, -0.15) is 0 Å². The van der Waals surface area contributed by atoms with Crippen LogP contribution in [-0.4, -0.2) is 58.5 Å². The predicted molar refractivity (Wildman–Crippen MR) is 156 cm³/mol. The van der Waals surface area contributed by atoms with Crippen LogP contribution >= 0.6 is 0 Å². The summed E-state index contributed by atoms with van der Waals surface area (Å²) in [6, 6.07) is 22.4. The van der Waals surface area contributed by atoms with Crippen LogP contribution in [0.15, 0.2) is 83.8 Å². The lowest BCUT2D eigenvalue weighted by Crippen LogP contribution is -2.44. The van der Waals surface area contributed by atoms with E-state index in [9.17, 15) is 18.0 Å². The summed E-state index contributed by atoms with van der Waals surface area (Å²) in [5, 5.41) is 2.89. The molecule has 10 heteroatoms.